The third-order valence-corrected chi connectivity index (χ3v) is 3.63. The minimum atomic E-state index is -0.196. The zero-order chi connectivity index (χ0) is 11.4. The second-order valence-corrected chi connectivity index (χ2v) is 4.88. The van der Waals surface area contributed by atoms with Crippen molar-refractivity contribution in [3.8, 4) is 0 Å². The van der Waals surface area contributed by atoms with Crippen LogP contribution in [0.2, 0.25) is 0 Å². The highest BCUT2D eigenvalue weighted by Crippen LogP contribution is 2.28. The van der Waals surface area contributed by atoms with Gasteiger partial charge in [-0.15, -0.1) is 0 Å². The summed E-state index contributed by atoms with van der Waals surface area (Å²) in [6.45, 7) is 0. The molecule has 88 valence electrons. The van der Waals surface area contributed by atoms with Crippen LogP contribution >= 0.6 is 15.9 Å². The summed E-state index contributed by atoms with van der Waals surface area (Å²) in [6, 6.07) is 6.58. The summed E-state index contributed by atoms with van der Waals surface area (Å²) < 4.78 is 18.8. The van der Waals surface area contributed by atoms with Gasteiger partial charge in [0.15, 0.2) is 0 Å². The van der Waals surface area contributed by atoms with Crippen LogP contribution in [0, 0.1) is 5.82 Å². The van der Waals surface area contributed by atoms with E-state index in [4.69, 9.17) is 4.74 Å². The maximum Gasteiger partial charge on any atom is 0.123 e. The monoisotopic (exact) mass is 286 g/mol. The van der Waals surface area contributed by atoms with Crippen molar-refractivity contribution in [1.29, 1.82) is 0 Å². The van der Waals surface area contributed by atoms with Gasteiger partial charge in [-0.25, -0.2) is 4.39 Å². The molecule has 2 rings (SSSR count). The van der Waals surface area contributed by atoms with Gasteiger partial charge in [-0.1, -0.05) is 40.9 Å². The predicted molar refractivity (Wildman–Crippen MR) is 66.3 cm³/mol. The normalized spacial score (nSPS) is 18.9. The molecule has 0 spiro atoms. The van der Waals surface area contributed by atoms with Crippen molar-refractivity contribution < 1.29 is 9.13 Å². The third kappa shape index (κ3) is 3.05. The zero-order valence-corrected chi connectivity index (χ0v) is 10.7. The van der Waals surface area contributed by atoms with Gasteiger partial charge in [0, 0.05) is 5.33 Å². The molecule has 0 amide bonds. The van der Waals surface area contributed by atoms with Crippen LogP contribution < -0.4 is 0 Å². The average molecular weight is 287 g/mol. The number of hydrogen-bond acceptors (Lipinski definition) is 1. The van der Waals surface area contributed by atoms with Crippen LogP contribution in [0.15, 0.2) is 24.3 Å². The van der Waals surface area contributed by atoms with E-state index in [1.807, 2.05) is 0 Å². The summed E-state index contributed by atoms with van der Waals surface area (Å²) >= 11 is 3.46. The van der Waals surface area contributed by atoms with Gasteiger partial charge in [-0.3, -0.25) is 0 Å². The first-order chi connectivity index (χ1) is 7.79. The molecule has 0 aliphatic heterocycles. The largest absolute Gasteiger partial charge is 0.369 e. The molecular formula is C13H16BrFO. The van der Waals surface area contributed by atoms with Crippen LogP contribution in [0.5, 0.6) is 0 Å². The predicted octanol–water partition coefficient (Wildman–Crippen LogP) is 4.22. The van der Waals surface area contributed by atoms with E-state index in [1.54, 1.807) is 12.1 Å². The quantitative estimate of drug-likeness (QED) is 0.753. The summed E-state index contributed by atoms with van der Waals surface area (Å²) in [7, 11) is 0. The van der Waals surface area contributed by atoms with E-state index < -0.39 is 0 Å². The minimum absolute atomic E-state index is 0.0451. The van der Waals surface area contributed by atoms with Crippen LogP contribution in [0.3, 0.4) is 0 Å². The number of benzene rings is 1. The van der Waals surface area contributed by atoms with E-state index in [9.17, 15) is 4.39 Å². The van der Waals surface area contributed by atoms with Crippen molar-refractivity contribution in [3.05, 3.63) is 35.6 Å². The van der Waals surface area contributed by atoms with Gasteiger partial charge in [0.1, 0.15) is 5.82 Å². The van der Waals surface area contributed by atoms with Crippen molar-refractivity contribution in [2.24, 2.45) is 0 Å². The van der Waals surface area contributed by atoms with E-state index in [2.05, 4.69) is 15.9 Å². The highest BCUT2D eigenvalue weighted by molar-refractivity contribution is 9.09. The summed E-state index contributed by atoms with van der Waals surface area (Å²) in [5.41, 5.74) is 1.05. The Labute approximate surface area is 104 Å². The molecule has 1 aromatic carbocycles. The van der Waals surface area contributed by atoms with E-state index >= 15 is 0 Å². The first-order valence-electron chi connectivity index (χ1n) is 5.76. The molecule has 1 aliphatic rings. The molecule has 1 fully saturated rings. The lowest BCUT2D eigenvalue weighted by atomic mass is 10.1. The number of ether oxygens (including phenoxy) is 1. The van der Waals surface area contributed by atoms with Gasteiger partial charge in [-0.2, -0.15) is 0 Å². The average Bonchev–Trinajstić information content (AvgIpc) is 2.80. The number of alkyl halides is 1. The van der Waals surface area contributed by atoms with Crippen molar-refractivity contribution >= 4 is 15.9 Å². The van der Waals surface area contributed by atoms with E-state index in [0.29, 0.717) is 6.10 Å². The number of halogens is 2. The second kappa shape index (κ2) is 5.78. The molecule has 1 saturated carbocycles. The van der Waals surface area contributed by atoms with Crippen LogP contribution in [-0.2, 0) is 4.74 Å². The van der Waals surface area contributed by atoms with Crippen molar-refractivity contribution in [2.45, 2.75) is 37.9 Å². The highest BCUT2D eigenvalue weighted by Gasteiger charge is 2.20. The van der Waals surface area contributed by atoms with Gasteiger partial charge >= 0.3 is 0 Å². The van der Waals surface area contributed by atoms with E-state index in [-0.39, 0.29) is 11.9 Å². The van der Waals surface area contributed by atoms with Crippen molar-refractivity contribution in [2.75, 3.05) is 5.33 Å². The Morgan fingerprint density at radius 1 is 1.25 bits per heavy atom. The van der Waals surface area contributed by atoms with Gasteiger partial charge in [-0.05, 0) is 30.5 Å². The maximum atomic E-state index is 12.8. The molecule has 1 nitrogen and oxygen atoms in total. The first kappa shape index (κ1) is 12.1. The third-order valence-electron chi connectivity index (χ3n) is 3.04. The number of hydrogen-bond donors (Lipinski definition) is 0. The fourth-order valence-corrected chi connectivity index (χ4v) is 2.66. The van der Waals surface area contributed by atoms with Gasteiger partial charge in [0.25, 0.3) is 0 Å². The van der Waals surface area contributed by atoms with Crippen molar-refractivity contribution in [3.63, 3.8) is 0 Å². The fourth-order valence-electron chi connectivity index (χ4n) is 2.14. The smallest absolute Gasteiger partial charge is 0.123 e. The molecule has 0 saturated heterocycles. The SMILES string of the molecule is Fc1ccc(C(CBr)OC2CCCC2)cc1. The molecule has 1 atom stereocenters. The summed E-state index contributed by atoms with van der Waals surface area (Å²) in [5, 5.41) is 0.759. The Morgan fingerprint density at radius 2 is 1.88 bits per heavy atom. The van der Waals surface area contributed by atoms with Crippen molar-refractivity contribution in [1.82, 2.24) is 0 Å². The molecule has 3 heteroatoms. The Hall–Kier alpha value is -0.410. The molecule has 0 aromatic heterocycles. The van der Waals surface area contributed by atoms with E-state index in [0.717, 1.165) is 23.7 Å². The molecule has 1 unspecified atom stereocenters. The fraction of sp³-hybridized carbons (Fsp3) is 0.538. The van der Waals surface area contributed by atoms with Crippen LogP contribution in [0.25, 0.3) is 0 Å². The summed E-state index contributed by atoms with van der Waals surface area (Å²) in [6.07, 6.45) is 5.28. The maximum absolute atomic E-state index is 12.8. The topological polar surface area (TPSA) is 9.23 Å². The molecule has 1 aliphatic carbocycles. The summed E-state index contributed by atoms with van der Waals surface area (Å²) in [4.78, 5) is 0. The van der Waals surface area contributed by atoms with Crippen LogP contribution in [0.4, 0.5) is 4.39 Å². The molecule has 16 heavy (non-hydrogen) atoms. The zero-order valence-electron chi connectivity index (χ0n) is 9.16. The van der Waals surface area contributed by atoms with Crippen LogP contribution in [0.1, 0.15) is 37.4 Å². The Morgan fingerprint density at radius 3 is 2.44 bits per heavy atom. The Kier molecular flexibility index (Phi) is 4.36. The van der Waals surface area contributed by atoms with E-state index in [1.165, 1.54) is 25.0 Å². The van der Waals surface area contributed by atoms with Crippen LogP contribution in [-0.4, -0.2) is 11.4 Å². The minimum Gasteiger partial charge on any atom is -0.369 e. The lowest BCUT2D eigenvalue weighted by Gasteiger charge is -2.20. The number of rotatable bonds is 4. The molecule has 0 radical (unpaired) electrons. The highest BCUT2D eigenvalue weighted by atomic mass is 79.9. The lowest BCUT2D eigenvalue weighted by molar-refractivity contribution is 0.00431. The van der Waals surface area contributed by atoms with Gasteiger partial charge < -0.3 is 4.74 Å². The second-order valence-electron chi connectivity index (χ2n) is 4.24. The van der Waals surface area contributed by atoms with Gasteiger partial charge in [0.05, 0.1) is 12.2 Å². The first-order valence-corrected chi connectivity index (χ1v) is 6.88. The molecule has 0 bridgehead atoms. The molecule has 0 heterocycles. The standard InChI is InChI=1S/C13H16BrFO/c14-9-13(16-12-3-1-2-4-12)10-5-7-11(15)8-6-10/h5-8,12-13H,1-4,9H2. The lowest BCUT2D eigenvalue weighted by Crippen LogP contribution is -2.14. The molecule has 0 N–H and O–H groups in total. The summed E-state index contributed by atoms with van der Waals surface area (Å²) in [5.74, 6) is -0.196. The molecular weight excluding hydrogens is 271 g/mol. The Balaban J connectivity index is 2.00. The Bertz CT molecular complexity index is 319. The van der Waals surface area contributed by atoms with Gasteiger partial charge in [0.2, 0.25) is 0 Å². The molecule has 1 aromatic rings.